The highest BCUT2D eigenvalue weighted by Crippen LogP contribution is 2.28. The van der Waals surface area contributed by atoms with Gasteiger partial charge in [-0.05, 0) is 17.7 Å². The third-order valence-electron chi connectivity index (χ3n) is 2.71. The van der Waals surface area contributed by atoms with E-state index in [9.17, 15) is 8.42 Å². The van der Waals surface area contributed by atoms with Crippen LogP contribution in [-0.4, -0.2) is 32.9 Å². The molecule has 0 saturated carbocycles. The summed E-state index contributed by atoms with van der Waals surface area (Å²) in [5, 5.41) is 0. The first-order valence-electron chi connectivity index (χ1n) is 5.74. The lowest BCUT2D eigenvalue weighted by atomic mass is 10.2. The minimum absolute atomic E-state index is 0.173. The second-order valence-corrected chi connectivity index (χ2v) is 5.88. The minimum atomic E-state index is -3.53. The van der Waals surface area contributed by atoms with Gasteiger partial charge in [0.05, 0.1) is 7.11 Å². The van der Waals surface area contributed by atoms with E-state index in [-0.39, 0.29) is 10.8 Å². The van der Waals surface area contributed by atoms with Crippen LogP contribution in [0.5, 0.6) is 5.75 Å². The molecule has 1 aromatic rings. The van der Waals surface area contributed by atoms with E-state index in [4.69, 9.17) is 16.3 Å². The summed E-state index contributed by atoms with van der Waals surface area (Å²) in [5.74, 6) is 0.612. The Kier molecular flexibility index (Phi) is 5.44. The van der Waals surface area contributed by atoms with Crippen LogP contribution in [0, 0.1) is 0 Å². The number of halogens is 1. The lowest BCUT2D eigenvalue weighted by molar-refractivity contribution is 0.395. The standard InChI is InChI=1S/C12H18ClNO3S/c1-4-14(5-2)18(15,16)12-8-10(9-13)6-7-11(12)17-3/h6-8H,4-5,9H2,1-3H3. The summed E-state index contributed by atoms with van der Waals surface area (Å²) in [7, 11) is -2.07. The minimum Gasteiger partial charge on any atom is -0.495 e. The Morgan fingerprint density at radius 1 is 1.28 bits per heavy atom. The van der Waals surface area contributed by atoms with Crippen molar-refractivity contribution >= 4 is 21.6 Å². The molecule has 0 N–H and O–H groups in total. The summed E-state index contributed by atoms with van der Waals surface area (Å²) >= 11 is 5.74. The molecule has 0 unspecified atom stereocenters. The molecular formula is C12H18ClNO3S. The maximum atomic E-state index is 12.4. The van der Waals surface area contributed by atoms with Crippen LogP contribution in [0.3, 0.4) is 0 Å². The molecule has 4 nitrogen and oxygen atoms in total. The summed E-state index contributed by atoms with van der Waals surface area (Å²) in [4.78, 5) is 0.173. The second kappa shape index (κ2) is 6.41. The first kappa shape index (κ1) is 15.3. The fourth-order valence-corrected chi connectivity index (χ4v) is 3.54. The third-order valence-corrected chi connectivity index (χ3v) is 5.09. The van der Waals surface area contributed by atoms with E-state index in [1.165, 1.54) is 11.4 Å². The molecule has 0 amide bonds. The zero-order chi connectivity index (χ0) is 13.8. The maximum Gasteiger partial charge on any atom is 0.246 e. The molecule has 0 bridgehead atoms. The molecule has 0 aromatic heterocycles. The Balaban J connectivity index is 3.37. The number of sulfonamides is 1. The van der Waals surface area contributed by atoms with Crippen molar-refractivity contribution in [2.45, 2.75) is 24.6 Å². The van der Waals surface area contributed by atoms with Crippen LogP contribution in [0.15, 0.2) is 23.1 Å². The molecule has 0 saturated heterocycles. The number of methoxy groups -OCH3 is 1. The largest absolute Gasteiger partial charge is 0.495 e. The van der Waals surface area contributed by atoms with Crippen molar-refractivity contribution in [2.75, 3.05) is 20.2 Å². The molecule has 0 aliphatic rings. The number of alkyl halides is 1. The smallest absolute Gasteiger partial charge is 0.246 e. The van der Waals surface area contributed by atoms with Crippen molar-refractivity contribution in [3.63, 3.8) is 0 Å². The molecule has 0 aliphatic heterocycles. The van der Waals surface area contributed by atoms with Crippen molar-refractivity contribution < 1.29 is 13.2 Å². The lowest BCUT2D eigenvalue weighted by Gasteiger charge is -2.20. The van der Waals surface area contributed by atoms with Crippen molar-refractivity contribution in [3.8, 4) is 5.75 Å². The quantitative estimate of drug-likeness (QED) is 0.757. The van der Waals surface area contributed by atoms with Gasteiger partial charge in [0.15, 0.2) is 0 Å². The summed E-state index contributed by atoms with van der Waals surface area (Å²) in [6.45, 7) is 4.46. The highest BCUT2D eigenvalue weighted by Gasteiger charge is 2.25. The molecule has 0 spiro atoms. The van der Waals surface area contributed by atoms with Gasteiger partial charge >= 0.3 is 0 Å². The normalized spacial score (nSPS) is 11.8. The molecular weight excluding hydrogens is 274 g/mol. The van der Waals surface area contributed by atoms with E-state index in [0.717, 1.165) is 5.56 Å². The van der Waals surface area contributed by atoms with E-state index >= 15 is 0 Å². The first-order chi connectivity index (χ1) is 8.51. The number of hydrogen-bond acceptors (Lipinski definition) is 3. The number of ether oxygens (including phenoxy) is 1. The zero-order valence-corrected chi connectivity index (χ0v) is 12.4. The van der Waals surface area contributed by atoms with Crippen molar-refractivity contribution in [3.05, 3.63) is 23.8 Å². The molecule has 0 heterocycles. The predicted octanol–water partition coefficient (Wildman–Crippen LogP) is 2.46. The topological polar surface area (TPSA) is 46.6 Å². The highest BCUT2D eigenvalue weighted by molar-refractivity contribution is 7.89. The molecule has 1 aromatic carbocycles. The predicted molar refractivity (Wildman–Crippen MR) is 72.7 cm³/mol. The average molecular weight is 292 g/mol. The third kappa shape index (κ3) is 2.96. The SMILES string of the molecule is CCN(CC)S(=O)(=O)c1cc(CCl)ccc1OC. The summed E-state index contributed by atoms with van der Waals surface area (Å²) in [5.41, 5.74) is 0.753. The molecule has 0 radical (unpaired) electrons. The van der Waals surface area contributed by atoms with E-state index < -0.39 is 10.0 Å². The summed E-state index contributed by atoms with van der Waals surface area (Å²) in [6.07, 6.45) is 0. The number of nitrogens with zero attached hydrogens (tertiary/aromatic N) is 1. The molecule has 0 atom stereocenters. The van der Waals surface area contributed by atoms with Crippen LogP contribution in [0.4, 0.5) is 0 Å². The fourth-order valence-electron chi connectivity index (χ4n) is 1.71. The van der Waals surface area contributed by atoms with Gasteiger partial charge in [0.25, 0.3) is 0 Å². The molecule has 102 valence electrons. The number of rotatable bonds is 6. The van der Waals surface area contributed by atoms with Gasteiger partial charge in [0.1, 0.15) is 10.6 Å². The first-order valence-corrected chi connectivity index (χ1v) is 7.71. The Morgan fingerprint density at radius 2 is 1.89 bits per heavy atom. The fraction of sp³-hybridized carbons (Fsp3) is 0.500. The van der Waals surface area contributed by atoms with Crippen LogP contribution in [0.2, 0.25) is 0 Å². The zero-order valence-electron chi connectivity index (χ0n) is 10.8. The second-order valence-electron chi connectivity index (χ2n) is 3.71. The number of hydrogen-bond donors (Lipinski definition) is 0. The maximum absolute atomic E-state index is 12.4. The van der Waals surface area contributed by atoms with Crippen LogP contribution in [-0.2, 0) is 15.9 Å². The number of benzene rings is 1. The van der Waals surface area contributed by atoms with Crippen LogP contribution in [0.1, 0.15) is 19.4 Å². The Morgan fingerprint density at radius 3 is 2.33 bits per heavy atom. The average Bonchev–Trinajstić information content (AvgIpc) is 2.39. The Bertz CT molecular complexity index is 498. The van der Waals surface area contributed by atoms with Crippen LogP contribution in [0.25, 0.3) is 0 Å². The van der Waals surface area contributed by atoms with Gasteiger partial charge in [-0.15, -0.1) is 11.6 Å². The lowest BCUT2D eigenvalue weighted by Crippen LogP contribution is -2.31. The molecule has 6 heteroatoms. The molecule has 18 heavy (non-hydrogen) atoms. The Hall–Kier alpha value is -0.780. The summed E-state index contributed by atoms with van der Waals surface area (Å²) < 4.78 is 31.4. The summed E-state index contributed by atoms with van der Waals surface area (Å²) in [6, 6.07) is 4.96. The van der Waals surface area contributed by atoms with E-state index in [2.05, 4.69) is 0 Å². The van der Waals surface area contributed by atoms with Gasteiger partial charge in [-0.2, -0.15) is 4.31 Å². The van der Waals surface area contributed by atoms with E-state index in [0.29, 0.717) is 18.8 Å². The van der Waals surface area contributed by atoms with Gasteiger partial charge in [0, 0.05) is 19.0 Å². The van der Waals surface area contributed by atoms with Crippen LogP contribution < -0.4 is 4.74 Å². The van der Waals surface area contributed by atoms with E-state index in [1.54, 1.807) is 32.0 Å². The van der Waals surface area contributed by atoms with Crippen LogP contribution >= 0.6 is 11.6 Å². The van der Waals surface area contributed by atoms with Gasteiger partial charge in [0.2, 0.25) is 10.0 Å². The molecule has 0 fully saturated rings. The van der Waals surface area contributed by atoms with Gasteiger partial charge in [-0.3, -0.25) is 0 Å². The monoisotopic (exact) mass is 291 g/mol. The van der Waals surface area contributed by atoms with Crippen molar-refractivity contribution in [1.29, 1.82) is 0 Å². The van der Waals surface area contributed by atoms with Gasteiger partial charge in [-0.1, -0.05) is 19.9 Å². The molecule has 1 rings (SSSR count). The van der Waals surface area contributed by atoms with Crippen molar-refractivity contribution in [2.24, 2.45) is 0 Å². The molecule has 0 aliphatic carbocycles. The van der Waals surface area contributed by atoms with Crippen molar-refractivity contribution in [1.82, 2.24) is 4.31 Å². The highest BCUT2D eigenvalue weighted by atomic mass is 35.5. The van der Waals surface area contributed by atoms with E-state index in [1.807, 2.05) is 0 Å². The van der Waals surface area contributed by atoms with Gasteiger partial charge < -0.3 is 4.74 Å². The Labute approximate surface area is 114 Å². The van der Waals surface area contributed by atoms with Gasteiger partial charge in [-0.25, -0.2) is 8.42 Å².